The highest BCUT2D eigenvalue weighted by atomic mass is 19.1. The van der Waals surface area contributed by atoms with Crippen molar-refractivity contribution in [2.45, 2.75) is 72.9 Å². The Morgan fingerprint density at radius 2 is 1.86 bits per heavy atom. The highest BCUT2D eigenvalue weighted by Crippen LogP contribution is 2.61. The highest BCUT2D eigenvalue weighted by Gasteiger charge is 2.56. The van der Waals surface area contributed by atoms with Crippen LogP contribution in [0.1, 0.15) is 59.4 Å². The van der Waals surface area contributed by atoms with Gasteiger partial charge in [0.25, 0.3) is 5.56 Å². The second-order valence-corrected chi connectivity index (χ2v) is 15.5. The summed E-state index contributed by atoms with van der Waals surface area (Å²) in [5.74, 6) is 4.64. The maximum Gasteiger partial charge on any atom is 0.261 e. The number of aliphatic imine (C=N–C) groups is 1. The number of piperidine rings is 1. The van der Waals surface area contributed by atoms with E-state index in [1.807, 2.05) is 30.3 Å². The first kappa shape index (κ1) is 33.2. The lowest BCUT2D eigenvalue weighted by atomic mass is 9.45. The molecule has 0 radical (unpaired) electrons. The van der Waals surface area contributed by atoms with E-state index in [-0.39, 0.29) is 24.0 Å². The van der Waals surface area contributed by atoms with Crippen molar-refractivity contribution < 1.29 is 9.13 Å². The van der Waals surface area contributed by atoms with Gasteiger partial charge < -0.3 is 15.0 Å². The van der Waals surface area contributed by atoms with Gasteiger partial charge in [0, 0.05) is 49.3 Å². The molecular formula is C40H49FN6O2. The Balaban J connectivity index is 1.24. The van der Waals surface area contributed by atoms with Crippen LogP contribution >= 0.6 is 0 Å². The molecule has 1 saturated heterocycles. The molecular weight excluding hydrogens is 615 g/mol. The highest BCUT2D eigenvalue weighted by molar-refractivity contribution is 5.96. The summed E-state index contributed by atoms with van der Waals surface area (Å²) in [6, 6.07) is 14.6. The summed E-state index contributed by atoms with van der Waals surface area (Å²) >= 11 is 0. The molecule has 3 saturated carbocycles. The third-order valence-corrected chi connectivity index (χ3v) is 11.8. The third-order valence-electron chi connectivity index (χ3n) is 11.8. The molecule has 2 bridgehead atoms. The predicted molar refractivity (Wildman–Crippen MR) is 194 cm³/mol. The quantitative estimate of drug-likeness (QED) is 0.161. The second kappa shape index (κ2) is 13.2. The number of anilines is 1. The van der Waals surface area contributed by atoms with Crippen LogP contribution < -0.4 is 15.6 Å². The number of benzene rings is 2. The van der Waals surface area contributed by atoms with Crippen LogP contribution in [0.5, 0.6) is 5.75 Å². The number of guanidine groups is 1. The fraction of sp³-hybridized carbons (Fsp3) is 0.500. The first-order chi connectivity index (χ1) is 23.5. The van der Waals surface area contributed by atoms with Crippen molar-refractivity contribution in [2.24, 2.45) is 40.0 Å². The van der Waals surface area contributed by atoms with Gasteiger partial charge in [-0.3, -0.25) is 14.3 Å². The third kappa shape index (κ3) is 6.44. The molecule has 0 amide bonds. The number of aromatic nitrogens is 3. The van der Waals surface area contributed by atoms with Gasteiger partial charge in [-0.15, -0.1) is 0 Å². The minimum atomic E-state index is -0.363. The minimum Gasteiger partial charge on any atom is -0.497 e. The molecule has 4 fully saturated rings. The zero-order chi connectivity index (χ0) is 34.4. The van der Waals surface area contributed by atoms with Crippen molar-refractivity contribution in [1.82, 2.24) is 19.4 Å². The van der Waals surface area contributed by atoms with Crippen LogP contribution in [0.15, 0.2) is 70.7 Å². The minimum absolute atomic E-state index is 0.172. The van der Waals surface area contributed by atoms with Crippen molar-refractivity contribution in [2.75, 3.05) is 25.5 Å². The molecule has 3 aliphatic carbocycles. The van der Waals surface area contributed by atoms with E-state index in [4.69, 9.17) is 14.7 Å². The van der Waals surface area contributed by atoms with E-state index in [1.165, 1.54) is 26.0 Å². The normalized spacial score (nSPS) is 26.3. The first-order valence-electron chi connectivity index (χ1n) is 17.9. The van der Waals surface area contributed by atoms with Crippen LogP contribution in [0, 0.1) is 40.8 Å². The number of hydrogen-bond acceptors (Lipinski definition) is 5. The second-order valence-electron chi connectivity index (χ2n) is 15.5. The number of fused-ring (bicyclic) bond motifs is 3. The fourth-order valence-corrected chi connectivity index (χ4v) is 8.92. The molecule has 3 heterocycles. The van der Waals surface area contributed by atoms with E-state index in [1.54, 1.807) is 29.1 Å². The molecule has 2 aromatic heterocycles. The Hall–Kier alpha value is -4.27. The molecule has 258 valence electrons. The van der Waals surface area contributed by atoms with Gasteiger partial charge in [0.05, 0.1) is 24.1 Å². The number of likely N-dealkylation sites (tertiary alicyclic amines) is 1. The molecule has 2 aromatic carbocycles. The largest absolute Gasteiger partial charge is 0.497 e. The standard InChI is InChI=1S/C40H49FN6O2/c1-24-16-25(2)23-46(22-24)39(45-35-18-29-17-33(26(35)3)40(29,4)5)43-30-10-12-32-36(19-30)44-37(28-8-7-14-42-21-28)47(38(32)48)15-13-27-9-11-31(49-6)20-34(27)41/h7-12,14,19-21,24-26,29,33,35H,13,15-18,22-23H2,1-6H3,(H,43,45)/t24-,25+,26?,29-,33+,35-/m0/s1. The molecule has 1 unspecified atom stereocenters. The summed E-state index contributed by atoms with van der Waals surface area (Å²) in [7, 11) is 1.51. The molecule has 8 rings (SSSR count). The van der Waals surface area contributed by atoms with Crippen LogP contribution in [-0.4, -0.2) is 51.6 Å². The number of rotatable bonds is 7. The SMILES string of the molecule is COc1ccc(CCn2c(-c3cccnc3)nc3cc(NC(=N[C@H]4C[C@@H]5C[C@H](C4C)C5(C)C)N4C[C@H](C)C[C@H](C)C4)ccc3c2=O)c(F)c1. The first-order valence-corrected chi connectivity index (χ1v) is 17.9. The van der Waals surface area contributed by atoms with Crippen molar-refractivity contribution >= 4 is 22.5 Å². The topological polar surface area (TPSA) is 84.6 Å². The van der Waals surface area contributed by atoms with E-state index in [9.17, 15) is 9.18 Å². The number of pyridine rings is 1. The van der Waals surface area contributed by atoms with Crippen LogP contribution in [0.3, 0.4) is 0 Å². The van der Waals surface area contributed by atoms with E-state index in [2.05, 4.69) is 49.8 Å². The summed E-state index contributed by atoms with van der Waals surface area (Å²) in [5.41, 5.74) is 2.91. The zero-order valence-corrected chi connectivity index (χ0v) is 29.6. The molecule has 0 spiro atoms. The monoisotopic (exact) mass is 664 g/mol. The van der Waals surface area contributed by atoms with Crippen LogP contribution in [-0.2, 0) is 13.0 Å². The average Bonchev–Trinajstić information content (AvgIpc) is 3.08. The lowest BCUT2D eigenvalue weighted by Crippen LogP contribution is -2.57. The van der Waals surface area contributed by atoms with Crippen LogP contribution in [0.4, 0.5) is 10.1 Å². The number of ether oxygens (including phenoxy) is 1. The Kier molecular flexibility index (Phi) is 8.96. The Morgan fingerprint density at radius 1 is 1.06 bits per heavy atom. The number of halogens is 1. The Bertz CT molecular complexity index is 1910. The summed E-state index contributed by atoms with van der Waals surface area (Å²) in [5, 5.41) is 4.23. The van der Waals surface area contributed by atoms with Crippen molar-refractivity contribution in [1.29, 1.82) is 0 Å². The summed E-state index contributed by atoms with van der Waals surface area (Å²) in [4.78, 5) is 31.4. The summed E-state index contributed by atoms with van der Waals surface area (Å²) in [6.07, 6.45) is 7.39. The molecule has 1 N–H and O–H groups in total. The van der Waals surface area contributed by atoms with E-state index >= 15 is 0 Å². The molecule has 1 aliphatic heterocycles. The summed E-state index contributed by atoms with van der Waals surface area (Å²) < 4.78 is 21.7. The van der Waals surface area contributed by atoms with Gasteiger partial charge >= 0.3 is 0 Å². The summed E-state index contributed by atoms with van der Waals surface area (Å²) in [6.45, 7) is 14.1. The number of nitrogens with zero attached hydrogens (tertiary/aromatic N) is 5. The van der Waals surface area contributed by atoms with E-state index in [0.717, 1.165) is 42.6 Å². The van der Waals surface area contributed by atoms with E-state index < -0.39 is 0 Å². The van der Waals surface area contributed by atoms with E-state index in [0.29, 0.717) is 63.5 Å². The molecule has 6 atom stereocenters. The van der Waals surface area contributed by atoms with Gasteiger partial charge in [-0.2, -0.15) is 0 Å². The Morgan fingerprint density at radius 3 is 2.53 bits per heavy atom. The van der Waals surface area contributed by atoms with Crippen molar-refractivity contribution in [3.05, 3.63) is 82.7 Å². The van der Waals surface area contributed by atoms with Crippen molar-refractivity contribution in [3.63, 3.8) is 0 Å². The van der Waals surface area contributed by atoms with Gasteiger partial charge in [0.2, 0.25) is 0 Å². The number of hydrogen-bond donors (Lipinski definition) is 1. The van der Waals surface area contributed by atoms with Crippen LogP contribution in [0.25, 0.3) is 22.3 Å². The molecule has 8 nitrogen and oxygen atoms in total. The molecule has 49 heavy (non-hydrogen) atoms. The number of methoxy groups -OCH3 is 1. The van der Waals surface area contributed by atoms with Gasteiger partial charge in [-0.25, -0.2) is 14.4 Å². The van der Waals surface area contributed by atoms with Gasteiger partial charge in [0.1, 0.15) is 17.4 Å². The van der Waals surface area contributed by atoms with Gasteiger partial charge in [0.15, 0.2) is 5.96 Å². The van der Waals surface area contributed by atoms with Gasteiger partial charge in [-0.1, -0.05) is 40.7 Å². The number of nitrogens with one attached hydrogen (secondary N) is 1. The maximum atomic E-state index is 14.9. The molecule has 4 aliphatic rings. The number of aryl methyl sites for hydroxylation is 1. The lowest BCUT2D eigenvalue weighted by Gasteiger charge is -2.61. The average molecular weight is 665 g/mol. The molecule has 4 aromatic rings. The molecule has 9 heteroatoms. The van der Waals surface area contributed by atoms with Crippen molar-refractivity contribution in [3.8, 4) is 17.1 Å². The van der Waals surface area contributed by atoms with Crippen LogP contribution in [0.2, 0.25) is 0 Å². The van der Waals surface area contributed by atoms with Gasteiger partial charge in [-0.05, 0) is 103 Å². The fourth-order valence-electron chi connectivity index (χ4n) is 8.92. The lowest BCUT2D eigenvalue weighted by molar-refractivity contribution is -0.108. The predicted octanol–water partition coefficient (Wildman–Crippen LogP) is 7.67. The zero-order valence-electron chi connectivity index (χ0n) is 29.6. The smallest absolute Gasteiger partial charge is 0.261 e. The Labute approximate surface area is 288 Å². The maximum absolute atomic E-state index is 14.9.